The highest BCUT2D eigenvalue weighted by atomic mass is 32.1. The number of amides is 1. The van der Waals surface area contributed by atoms with Crippen LogP contribution in [0.5, 0.6) is 0 Å². The van der Waals surface area contributed by atoms with Crippen LogP contribution in [0.2, 0.25) is 0 Å². The zero-order chi connectivity index (χ0) is 17.1. The molecule has 0 aliphatic carbocycles. The quantitative estimate of drug-likeness (QED) is 0.586. The largest absolute Gasteiger partial charge is 0.349 e. The van der Waals surface area contributed by atoms with Gasteiger partial charge in [-0.25, -0.2) is 19.9 Å². The van der Waals surface area contributed by atoms with Gasteiger partial charge in [-0.15, -0.1) is 11.3 Å². The molecule has 0 bridgehead atoms. The number of aromatic nitrogens is 5. The van der Waals surface area contributed by atoms with E-state index in [4.69, 9.17) is 4.52 Å². The highest BCUT2D eigenvalue weighted by Gasteiger charge is 2.16. The summed E-state index contributed by atoms with van der Waals surface area (Å²) in [5, 5.41) is 9.87. The van der Waals surface area contributed by atoms with Crippen molar-refractivity contribution in [2.75, 3.05) is 6.54 Å². The molecule has 0 aliphatic rings. The lowest BCUT2D eigenvalue weighted by Crippen LogP contribution is -2.25. The second-order valence-electron chi connectivity index (χ2n) is 5.11. The predicted molar refractivity (Wildman–Crippen MR) is 91.0 cm³/mol. The molecule has 4 aromatic rings. The van der Waals surface area contributed by atoms with Gasteiger partial charge in [0.15, 0.2) is 10.8 Å². The van der Waals surface area contributed by atoms with E-state index in [9.17, 15) is 4.79 Å². The third kappa shape index (κ3) is 3.22. The topological polar surface area (TPSA) is 107 Å². The lowest BCUT2D eigenvalue weighted by Gasteiger charge is -2.01. The molecule has 0 aliphatic heterocycles. The summed E-state index contributed by atoms with van der Waals surface area (Å²) in [5.41, 5.74) is 1.29. The maximum absolute atomic E-state index is 12.2. The molecule has 8 nitrogen and oxygen atoms in total. The summed E-state index contributed by atoms with van der Waals surface area (Å²) in [6, 6.07) is 5.25. The first-order valence-electron chi connectivity index (χ1n) is 7.51. The molecule has 0 spiro atoms. The molecule has 4 heterocycles. The van der Waals surface area contributed by atoms with E-state index in [2.05, 4.69) is 30.4 Å². The minimum atomic E-state index is -0.322. The van der Waals surface area contributed by atoms with Crippen molar-refractivity contribution in [1.29, 1.82) is 0 Å². The average molecular weight is 352 g/mol. The lowest BCUT2D eigenvalue weighted by molar-refractivity contribution is 0.0919. The van der Waals surface area contributed by atoms with E-state index < -0.39 is 0 Å². The smallest absolute Gasteiger partial charge is 0.290 e. The van der Waals surface area contributed by atoms with Crippen LogP contribution in [0.4, 0.5) is 0 Å². The van der Waals surface area contributed by atoms with Gasteiger partial charge in [-0.3, -0.25) is 4.79 Å². The molecule has 1 amide bonds. The molecule has 0 saturated carbocycles. The minimum absolute atomic E-state index is 0.166. The Balaban J connectivity index is 1.38. The highest BCUT2D eigenvalue weighted by Crippen LogP contribution is 2.19. The SMILES string of the molecule is O=C(NCCc1csc(-c2ncccn2)n1)c1onc2ncccc12. The lowest BCUT2D eigenvalue weighted by atomic mass is 10.2. The molecule has 0 aromatic carbocycles. The fourth-order valence-corrected chi connectivity index (χ4v) is 3.07. The summed E-state index contributed by atoms with van der Waals surface area (Å²) in [6.07, 6.45) is 5.56. The summed E-state index contributed by atoms with van der Waals surface area (Å²) >= 11 is 1.48. The third-order valence-electron chi connectivity index (χ3n) is 3.44. The molecule has 4 rings (SSSR count). The van der Waals surface area contributed by atoms with Crippen molar-refractivity contribution >= 4 is 28.3 Å². The molecule has 25 heavy (non-hydrogen) atoms. The summed E-state index contributed by atoms with van der Waals surface area (Å²) in [7, 11) is 0. The molecular formula is C16H12N6O2S. The van der Waals surface area contributed by atoms with E-state index >= 15 is 0 Å². The fraction of sp³-hybridized carbons (Fsp3) is 0.125. The van der Waals surface area contributed by atoms with Crippen molar-refractivity contribution in [1.82, 2.24) is 30.4 Å². The monoisotopic (exact) mass is 352 g/mol. The van der Waals surface area contributed by atoms with Gasteiger partial charge < -0.3 is 9.84 Å². The Kier molecular flexibility index (Phi) is 4.13. The molecule has 0 unspecified atom stereocenters. The molecule has 4 aromatic heterocycles. The van der Waals surface area contributed by atoms with Crippen molar-refractivity contribution in [3.8, 4) is 10.8 Å². The van der Waals surface area contributed by atoms with Crippen molar-refractivity contribution in [2.24, 2.45) is 0 Å². The predicted octanol–water partition coefficient (Wildman–Crippen LogP) is 2.11. The Hall–Kier alpha value is -3.20. The van der Waals surface area contributed by atoms with Gasteiger partial charge in [0.05, 0.1) is 11.1 Å². The van der Waals surface area contributed by atoms with Crippen LogP contribution in [0.15, 0.2) is 46.7 Å². The van der Waals surface area contributed by atoms with Gasteiger partial charge in [0.2, 0.25) is 11.4 Å². The fourth-order valence-electron chi connectivity index (χ4n) is 2.27. The Bertz CT molecular complexity index is 1010. The summed E-state index contributed by atoms with van der Waals surface area (Å²) in [4.78, 5) is 29.1. The number of pyridine rings is 1. The number of nitrogens with zero attached hydrogens (tertiary/aromatic N) is 5. The number of thiazole rings is 1. The van der Waals surface area contributed by atoms with Gasteiger partial charge in [-0.2, -0.15) is 0 Å². The zero-order valence-electron chi connectivity index (χ0n) is 12.9. The first-order valence-corrected chi connectivity index (χ1v) is 8.39. The maximum Gasteiger partial charge on any atom is 0.290 e. The molecule has 0 saturated heterocycles. The second kappa shape index (κ2) is 6.73. The zero-order valence-corrected chi connectivity index (χ0v) is 13.7. The Labute approximate surface area is 146 Å². The summed E-state index contributed by atoms with van der Waals surface area (Å²) in [5.74, 6) is 0.445. The molecule has 0 atom stereocenters. The van der Waals surface area contributed by atoms with E-state index in [0.29, 0.717) is 29.8 Å². The van der Waals surface area contributed by atoms with Crippen LogP contribution in [0.3, 0.4) is 0 Å². The van der Waals surface area contributed by atoms with Crippen LogP contribution in [0.1, 0.15) is 16.2 Å². The standard InChI is InChI=1S/C16H12N6O2S/c23-15(12-11-3-1-5-17-13(11)22-24-12)20-8-4-10-9-25-16(21-10)14-18-6-2-7-19-14/h1-3,5-7,9H,4,8H2,(H,20,23). The molecule has 124 valence electrons. The van der Waals surface area contributed by atoms with Gasteiger partial charge in [-0.05, 0) is 18.2 Å². The van der Waals surface area contributed by atoms with Crippen LogP contribution in [-0.2, 0) is 6.42 Å². The molecular weight excluding hydrogens is 340 g/mol. The number of hydrogen-bond donors (Lipinski definition) is 1. The van der Waals surface area contributed by atoms with Crippen LogP contribution >= 0.6 is 11.3 Å². The van der Waals surface area contributed by atoms with Crippen LogP contribution < -0.4 is 5.32 Å². The normalized spacial score (nSPS) is 10.9. The molecule has 0 radical (unpaired) electrons. The first kappa shape index (κ1) is 15.3. The first-order chi connectivity index (χ1) is 12.3. The van der Waals surface area contributed by atoms with Gasteiger partial charge in [-0.1, -0.05) is 5.16 Å². The van der Waals surface area contributed by atoms with Gasteiger partial charge in [0.1, 0.15) is 0 Å². The van der Waals surface area contributed by atoms with Gasteiger partial charge in [0.25, 0.3) is 5.91 Å². The Morgan fingerprint density at radius 3 is 2.88 bits per heavy atom. The Morgan fingerprint density at radius 2 is 2.00 bits per heavy atom. The number of hydrogen-bond acceptors (Lipinski definition) is 8. The van der Waals surface area contributed by atoms with E-state index in [1.807, 2.05) is 5.38 Å². The average Bonchev–Trinajstić information content (AvgIpc) is 3.29. The highest BCUT2D eigenvalue weighted by molar-refractivity contribution is 7.13. The second-order valence-corrected chi connectivity index (χ2v) is 5.97. The number of carbonyl (C=O) groups excluding carboxylic acids is 1. The van der Waals surface area contributed by atoms with Crippen molar-refractivity contribution in [3.05, 3.63) is 53.6 Å². The van der Waals surface area contributed by atoms with Crippen LogP contribution in [0, 0.1) is 0 Å². The van der Waals surface area contributed by atoms with E-state index in [1.54, 1.807) is 36.8 Å². The van der Waals surface area contributed by atoms with Gasteiger partial charge >= 0.3 is 0 Å². The van der Waals surface area contributed by atoms with Gasteiger partial charge in [0, 0.05) is 36.9 Å². The molecule has 9 heteroatoms. The number of fused-ring (bicyclic) bond motifs is 1. The van der Waals surface area contributed by atoms with Crippen molar-refractivity contribution in [3.63, 3.8) is 0 Å². The Morgan fingerprint density at radius 1 is 1.16 bits per heavy atom. The maximum atomic E-state index is 12.2. The van der Waals surface area contributed by atoms with E-state index in [-0.39, 0.29) is 11.7 Å². The number of carbonyl (C=O) groups is 1. The summed E-state index contributed by atoms with van der Waals surface area (Å²) < 4.78 is 5.09. The van der Waals surface area contributed by atoms with Crippen LogP contribution in [0.25, 0.3) is 21.9 Å². The van der Waals surface area contributed by atoms with Crippen LogP contribution in [-0.4, -0.2) is 37.5 Å². The van der Waals surface area contributed by atoms with Crippen molar-refractivity contribution in [2.45, 2.75) is 6.42 Å². The van der Waals surface area contributed by atoms with E-state index in [1.165, 1.54) is 11.3 Å². The molecule has 0 fully saturated rings. The van der Waals surface area contributed by atoms with E-state index in [0.717, 1.165) is 10.7 Å². The molecule has 1 N–H and O–H groups in total. The summed E-state index contributed by atoms with van der Waals surface area (Å²) in [6.45, 7) is 0.431. The minimum Gasteiger partial charge on any atom is -0.349 e. The number of nitrogens with one attached hydrogen (secondary N) is 1. The third-order valence-corrected chi connectivity index (χ3v) is 4.32. The van der Waals surface area contributed by atoms with Crippen molar-refractivity contribution < 1.29 is 9.32 Å². The number of rotatable bonds is 5.